The van der Waals surface area contributed by atoms with Gasteiger partial charge in [0.2, 0.25) is 10.0 Å². The minimum Gasteiger partial charge on any atom is -0.481 e. The predicted octanol–water partition coefficient (Wildman–Crippen LogP) is 1.79. The predicted molar refractivity (Wildman–Crippen MR) is 79.7 cm³/mol. The Hall–Kier alpha value is -1.60. The third-order valence-corrected chi connectivity index (χ3v) is 4.88. The monoisotopic (exact) mass is 312 g/mol. The van der Waals surface area contributed by atoms with Gasteiger partial charge in [-0.1, -0.05) is 6.92 Å². The lowest BCUT2D eigenvalue weighted by molar-refractivity contribution is -0.137. The fraction of sp³-hybridized carbons (Fsp3) is 0.500. The van der Waals surface area contributed by atoms with E-state index in [1.807, 2.05) is 6.92 Å². The number of carboxylic acids is 1. The number of benzene rings is 1. The first-order valence-electron chi connectivity index (χ1n) is 7.01. The largest absolute Gasteiger partial charge is 0.481 e. The zero-order chi connectivity index (χ0) is 15.5. The molecule has 116 valence electrons. The molecule has 0 amide bonds. The second kappa shape index (κ2) is 6.44. The van der Waals surface area contributed by atoms with E-state index < -0.39 is 16.0 Å². The molecule has 1 fully saturated rings. The normalized spacial score (nSPS) is 16.4. The summed E-state index contributed by atoms with van der Waals surface area (Å²) in [5.41, 5.74) is 0.716. The topological polar surface area (TPSA) is 95.5 Å². The lowest BCUT2D eigenvalue weighted by Crippen LogP contribution is -2.25. The highest BCUT2D eigenvalue weighted by Gasteiger charge is 2.27. The van der Waals surface area contributed by atoms with Crippen LogP contribution in [0.4, 0.5) is 5.69 Å². The van der Waals surface area contributed by atoms with Gasteiger partial charge in [0.05, 0.1) is 11.3 Å². The lowest BCUT2D eigenvalue weighted by atomic mass is 10.1. The molecule has 0 aromatic heterocycles. The van der Waals surface area contributed by atoms with Gasteiger partial charge in [0, 0.05) is 17.8 Å². The van der Waals surface area contributed by atoms with E-state index in [4.69, 9.17) is 5.11 Å². The highest BCUT2D eigenvalue weighted by Crippen LogP contribution is 2.23. The lowest BCUT2D eigenvalue weighted by Gasteiger charge is -2.16. The van der Waals surface area contributed by atoms with Crippen LogP contribution in [0.1, 0.15) is 32.6 Å². The molecule has 1 atom stereocenters. The summed E-state index contributed by atoms with van der Waals surface area (Å²) in [6.07, 6.45) is 2.49. The SMILES string of the molecule is CCC(CC(=O)O)Nc1ccc(S(=O)(=O)NC2CC2)cc1. The molecule has 6 nitrogen and oxygen atoms in total. The van der Waals surface area contributed by atoms with E-state index in [1.54, 1.807) is 12.1 Å². The van der Waals surface area contributed by atoms with Crippen molar-refractivity contribution in [2.75, 3.05) is 5.32 Å². The van der Waals surface area contributed by atoms with Gasteiger partial charge >= 0.3 is 5.97 Å². The first-order valence-corrected chi connectivity index (χ1v) is 8.49. The van der Waals surface area contributed by atoms with Crippen molar-refractivity contribution >= 4 is 21.7 Å². The molecule has 1 aliphatic rings. The molecule has 0 heterocycles. The summed E-state index contributed by atoms with van der Waals surface area (Å²) in [7, 11) is -3.44. The van der Waals surface area contributed by atoms with Gasteiger partial charge in [-0.15, -0.1) is 0 Å². The fourth-order valence-electron chi connectivity index (χ4n) is 1.96. The standard InChI is InChI=1S/C14H20N2O4S/c1-2-10(9-14(17)18)15-11-5-7-13(8-6-11)21(19,20)16-12-3-4-12/h5-8,10,12,15-16H,2-4,9H2,1H3,(H,17,18). The van der Waals surface area contributed by atoms with Gasteiger partial charge in [-0.3, -0.25) is 4.79 Å². The van der Waals surface area contributed by atoms with Crippen LogP contribution in [0, 0.1) is 0 Å². The molecule has 3 N–H and O–H groups in total. The highest BCUT2D eigenvalue weighted by molar-refractivity contribution is 7.89. The van der Waals surface area contributed by atoms with E-state index in [2.05, 4.69) is 10.0 Å². The molecule has 0 saturated heterocycles. The Morgan fingerprint density at radius 3 is 2.43 bits per heavy atom. The second-order valence-corrected chi connectivity index (χ2v) is 6.98. The quantitative estimate of drug-likeness (QED) is 0.680. The maximum Gasteiger partial charge on any atom is 0.305 e. The van der Waals surface area contributed by atoms with E-state index in [0.717, 1.165) is 12.8 Å². The van der Waals surface area contributed by atoms with Crippen LogP contribution in [0.15, 0.2) is 29.2 Å². The maximum absolute atomic E-state index is 12.0. The van der Waals surface area contributed by atoms with E-state index >= 15 is 0 Å². The molecule has 21 heavy (non-hydrogen) atoms. The second-order valence-electron chi connectivity index (χ2n) is 5.27. The number of rotatable bonds is 8. The summed E-state index contributed by atoms with van der Waals surface area (Å²) in [4.78, 5) is 11.0. The average molecular weight is 312 g/mol. The summed E-state index contributed by atoms with van der Waals surface area (Å²) in [6, 6.07) is 6.28. The van der Waals surface area contributed by atoms with Crippen LogP contribution in [0.25, 0.3) is 0 Å². The first kappa shape index (κ1) is 15.8. The van der Waals surface area contributed by atoms with Crippen molar-refractivity contribution in [3.8, 4) is 0 Å². The molecule has 1 aliphatic carbocycles. The van der Waals surface area contributed by atoms with Crippen molar-refractivity contribution in [3.05, 3.63) is 24.3 Å². The Morgan fingerprint density at radius 2 is 1.95 bits per heavy atom. The molecule has 0 bridgehead atoms. The molecule has 0 aliphatic heterocycles. The van der Waals surface area contributed by atoms with E-state index in [0.29, 0.717) is 12.1 Å². The van der Waals surface area contributed by atoms with Gasteiger partial charge in [0.15, 0.2) is 0 Å². The first-order chi connectivity index (χ1) is 9.90. The van der Waals surface area contributed by atoms with Crippen LogP contribution in [0.2, 0.25) is 0 Å². The van der Waals surface area contributed by atoms with Crippen LogP contribution in [0.5, 0.6) is 0 Å². The molecule has 1 aromatic rings. The van der Waals surface area contributed by atoms with Gasteiger partial charge in [0.1, 0.15) is 0 Å². The number of carboxylic acid groups (broad SMARTS) is 1. The number of sulfonamides is 1. The third kappa shape index (κ3) is 4.71. The number of nitrogens with one attached hydrogen (secondary N) is 2. The molecule has 0 radical (unpaired) electrons. The molecule has 7 heteroatoms. The summed E-state index contributed by atoms with van der Waals surface area (Å²) in [5.74, 6) is -0.859. The molecule has 0 spiro atoms. The van der Waals surface area contributed by atoms with Crippen molar-refractivity contribution in [1.29, 1.82) is 0 Å². The van der Waals surface area contributed by atoms with E-state index in [1.165, 1.54) is 12.1 Å². The van der Waals surface area contributed by atoms with Crippen molar-refractivity contribution in [1.82, 2.24) is 4.72 Å². The van der Waals surface area contributed by atoms with Crippen molar-refractivity contribution in [3.63, 3.8) is 0 Å². The minimum absolute atomic E-state index is 0.0276. The third-order valence-electron chi connectivity index (χ3n) is 3.35. The summed E-state index contributed by atoms with van der Waals surface area (Å²) < 4.78 is 26.6. The molecule has 2 rings (SSSR count). The van der Waals surface area contributed by atoms with E-state index in [9.17, 15) is 13.2 Å². The Balaban J connectivity index is 2.02. The Morgan fingerprint density at radius 1 is 1.33 bits per heavy atom. The van der Waals surface area contributed by atoms with Gasteiger partial charge in [-0.2, -0.15) is 0 Å². The average Bonchev–Trinajstić information content (AvgIpc) is 3.21. The Labute approximate surface area is 124 Å². The van der Waals surface area contributed by atoms with Gasteiger partial charge < -0.3 is 10.4 Å². The van der Waals surface area contributed by atoms with Crippen molar-refractivity contribution in [2.24, 2.45) is 0 Å². The summed E-state index contributed by atoms with van der Waals surface area (Å²) >= 11 is 0. The molecule has 1 aromatic carbocycles. The molecular weight excluding hydrogens is 292 g/mol. The van der Waals surface area contributed by atoms with Crippen LogP contribution in [-0.4, -0.2) is 31.6 Å². The number of carbonyl (C=O) groups is 1. The van der Waals surface area contributed by atoms with Crippen LogP contribution in [-0.2, 0) is 14.8 Å². The van der Waals surface area contributed by atoms with Crippen LogP contribution < -0.4 is 10.0 Å². The zero-order valence-electron chi connectivity index (χ0n) is 11.9. The summed E-state index contributed by atoms with van der Waals surface area (Å²) in [6.45, 7) is 1.90. The van der Waals surface area contributed by atoms with Crippen molar-refractivity contribution < 1.29 is 18.3 Å². The van der Waals surface area contributed by atoms with Crippen LogP contribution >= 0.6 is 0 Å². The number of hydrogen-bond acceptors (Lipinski definition) is 4. The molecule has 1 unspecified atom stereocenters. The Kier molecular flexibility index (Phi) is 4.84. The molecular formula is C14H20N2O4S. The van der Waals surface area contributed by atoms with Crippen LogP contribution in [0.3, 0.4) is 0 Å². The van der Waals surface area contributed by atoms with Gasteiger partial charge in [-0.25, -0.2) is 13.1 Å². The maximum atomic E-state index is 12.0. The Bertz CT molecular complexity index is 594. The van der Waals surface area contributed by atoms with Gasteiger partial charge in [-0.05, 0) is 43.5 Å². The summed E-state index contributed by atoms with van der Waals surface area (Å²) in [5, 5.41) is 11.9. The van der Waals surface area contributed by atoms with E-state index in [-0.39, 0.29) is 23.4 Å². The molecule has 1 saturated carbocycles. The minimum atomic E-state index is -3.44. The number of anilines is 1. The van der Waals surface area contributed by atoms with Gasteiger partial charge in [0.25, 0.3) is 0 Å². The fourth-order valence-corrected chi connectivity index (χ4v) is 3.27. The highest BCUT2D eigenvalue weighted by atomic mass is 32.2. The number of hydrogen-bond donors (Lipinski definition) is 3. The van der Waals surface area contributed by atoms with Crippen molar-refractivity contribution in [2.45, 2.75) is 49.6 Å². The number of aliphatic carboxylic acids is 1. The smallest absolute Gasteiger partial charge is 0.305 e. The zero-order valence-corrected chi connectivity index (χ0v) is 12.7.